The zero-order valence-electron chi connectivity index (χ0n) is 14.7. The fraction of sp³-hybridized carbons (Fsp3) is 0.211. The second-order valence-electron chi connectivity index (χ2n) is 5.49. The average Bonchev–Trinajstić information content (AvgIpc) is 2.97. The number of benzene rings is 1. The van der Waals surface area contributed by atoms with Crippen molar-refractivity contribution in [2.45, 2.75) is 13.8 Å². The summed E-state index contributed by atoms with van der Waals surface area (Å²) in [6.07, 6.45) is 1.52. The van der Waals surface area contributed by atoms with Crippen LogP contribution in [0.3, 0.4) is 0 Å². The molecule has 2 heterocycles. The van der Waals surface area contributed by atoms with E-state index in [-0.39, 0.29) is 17.6 Å². The highest BCUT2D eigenvalue weighted by atomic mass is 32.1. The average molecular weight is 370 g/mol. The van der Waals surface area contributed by atoms with Gasteiger partial charge in [-0.3, -0.25) is 9.78 Å². The molecule has 26 heavy (non-hydrogen) atoms. The van der Waals surface area contributed by atoms with Crippen molar-refractivity contribution >= 4 is 33.3 Å². The molecule has 0 fully saturated rings. The molecule has 0 radical (unpaired) electrons. The van der Waals surface area contributed by atoms with Gasteiger partial charge in [0.15, 0.2) is 0 Å². The van der Waals surface area contributed by atoms with Gasteiger partial charge in [0.05, 0.1) is 6.61 Å². The highest BCUT2D eigenvalue weighted by Gasteiger charge is 2.17. The van der Waals surface area contributed by atoms with Gasteiger partial charge in [-0.05, 0) is 49.1 Å². The molecule has 0 unspecified atom stereocenters. The van der Waals surface area contributed by atoms with E-state index in [9.17, 15) is 9.59 Å². The van der Waals surface area contributed by atoms with Gasteiger partial charge in [-0.1, -0.05) is 0 Å². The van der Waals surface area contributed by atoms with E-state index < -0.39 is 0 Å². The number of carbonyl (C=O) groups excluding carboxylic acids is 2. The second-order valence-corrected chi connectivity index (χ2v) is 6.54. The predicted molar refractivity (Wildman–Crippen MR) is 100 cm³/mol. The largest absolute Gasteiger partial charge is 0.462 e. The van der Waals surface area contributed by atoms with Crippen LogP contribution in [0.4, 0.5) is 0 Å². The summed E-state index contributed by atoms with van der Waals surface area (Å²) in [5, 5.41) is 3.52. The Kier molecular flexibility index (Phi) is 5.18. The highest BCUT2D eigenvalue weighted by molar-refractivity contribution is 7.21. The van der Waals surface area contributed by atoms with Crippen LogP contribution in [0.15, 0.2) is 36.5 Å². The summed E-state index contributed by atoms with van der Waals surface area (Å²) < 4.78 is 11.9. The first-order chi connectivity index (χ1) is 12.5. The molecular weight excluding hydrogens is 352 g/mol. The van der Waals surface area contributed by atoms with Crippen LogP contribution >= 0.6 is 11.3 Å². The van der Waals surface area contributed by atoms with Crippen molar-refractivity contribution < 1.29 is 19.1 Å². The van der Waals surface area contributed by atoms with E-state index in [1.165, 1.54) is 17.5 Å². The SMILES string of the molecule is CCOC(=O)c1sc2cc(Oc3ccnc(C(=O)NC)c3)ccc2c1C. The molecule has 0 bridgehead atoms. The summed E-state index contributed by atoms with van der Waals surface area (Å²) in [5.74, 6) is 0.539. The number of pyridine rings is 1. The maximum Gasteiger partial charge on any atom is 0.348 e. The minimum Gasteiger partial charge on any atom is -0.462 e. The van der Waals surface area contributed by atoms with Crippen LogP contribution in [0.5, 0.6) is 11.5 Å². The van der Waals surface area contributed by atoms with Gasteiger partial charge in [0, 0.05) is 24.0 Å². The third kappa shape index (κ3) is 3.52. The molecule has 0 spiro atoms. The summed E-state index contributed by atoms with van der Waals surface area (Å²) in [7, 11) is 1.55. The molecule has 2 aromatic heterocycles. The van der Waals surface area contributed by atoms with Gasteiger partial charge in [-0.15, -0.1) is 11.3 Å². The van der Waals surface area contributed by atoms with Crippen molar-refractivity contribution in [2.24, 2.45) is 0 Å². The van der Waals surface area contributed by atoms with Crippen molar-refractivity contribution in [1.29, 1.82) is 0 Å². The Morgan fingerprint density at radius 2 is 1.96 bits per heavy atom. The number of nitrogens with zero attached hydrogens (tertiary/aromatic N) is 1. The van der Waals surface area contributed by atoms with Crippen molar-refractivity contribution in [3.05, 3.63) is 52.7 Å². The molecule has 6 nitrogen and oxygen atoms in total. The first-order valence-electron chi connectivity index (χ1n) is 8.09. The molecule has 0 aliphatic carbocycles. The zero-order valence-corrected chi connectivity index (χ0v) is 15.5. The maximum absolute atomic E-state index is 12.1. The first-order valence-corrected chi connectivity index (χ1v) is 8.91. The quantitative estimate of drug-likeness (QED) is 0.689. The maximum atomic E-state index is 12.1. The molecule has 1 N–H and O–H groups in total. The third-order valence-electron chi connectivity index (χ3n) is 3.80. The summed E-state index contributed by atoms with van der Waals surface area (Å²) in [6, 6.07) is 8.87. The van der Waals surface area contributed by atoms with Crippen LogP contribution in [0, 0.1) is 6.92 Å². The number of fused-ring (bicyclic) bond motifs is 1. The van der Waals surface area contributed by atoms with E-state index in [2.05, 4.69) is 10.3 Å². The Balaban J connectivity index is 1.90. The smallest absolute Gasteiger partial charge is 0.348 e. The lowest BCUT2D eigenvalue weighted by Crippen LogP contribution is -2.18. The molecule has 134 valence electrons. The van der Waals surface area contributed by atoms with E-state index in [0.717, 1.165) is 15.6 Å². The van der Waals surface area contributed by atoms with Gasteiger partial charge in [-0.25, -0.2) is 4.79 Å². The number of ether oxygens (including phenoxy) is 2. The van der Waals surface area contributed by atoms with Crippen molar-refractivity contribution in [2.75, 3.05) is 13.7 Å². The van der Waals surface area contributed by atoms with Crippen LogP contribution in [0.2, 0.25) is 0 Å². The number of amides is 1. The number of hydrogen-bond donors (Lipinski definition) is 1. The van der Waals surface area contributed by atoms with E-state index in [1.807, 2.05) is 25.1 Å². The highest BCUT2D eigenvalue weighted by Crippen LogP contribution is 2.35. The Bertz CT molecular complexity index is 981. The van der Waals surface area contributed by atoms with Gasteiger partial charge < -0.3 is 14.8 Å². The molecule has 0 saturated heterocycles. The number of hydrogen-bond acceptors (Lipinski definition) is 6. The van der Waals surface area contributed by atoms with Gasteiger partial charge in [0.2, 0.25) is 0 Å². The number of aromatic nitrogens is 1. The minimum absolute atomic E-state index is 0.279. The molecule has 0 atom stereocenters. The molecule has 1 aromatic carbocycles. The Hall–Kier alpha value is -2.93. The number of esters is 1. The number of rotatable bonds is 5. The number of carbonyl (C=O) groups is 2. The lowest BCUT2D eigenvalue weighted by Gasteiger charge is -2.07. The van der Waals surface area contributed by atoms with Crippen molar-refractivity contribution in [3.63, 3.8) is 0 Å². The molecule has 0 aliphatic heterocycles. The minimum atomic E-state index is -0.307. The second kappa shape index (κ2) is 7.53. The van der Waals surface area contributed by atoms with Gasteiger partial charge in [0.25, 0.3) is 5.91 Å². The number of aryl methyl sites for hydroxylation is 1. The number of thiophene rings is 1. The van der Waals surface area contributed by atoms with Crippen LogP contribution in [-0.2, 0) is 4.74 Å². The van der Waals surface area contributed by atoms with Gasteiger partial charge >= 0.3 is 5.97 Å². The van der Waals surface area contributed by atoms with E-state index in [1.54, 1.807) is 26.1 Å². The van der Waals surface area contributed by atoms with Gasteiger partial charge in [0.1, 0.15) is 22.1 Å². The molecule has 7 heteroatoms. The van der Waals surface area contributed by atoms with Crippen LogP contribution in [0.1, 0.15) is 32.6 Å². The lowest BCUT2D eigenvalue weighted by molar-refractivity contribution is 0.0531. The standard InChI is InChI=1S/C19H18N2O4S/c1-4-24-19(23)17-11(2)14-6-5-12(10-16(14)26-17)25-13-7-8-21-15(9-13)18(22)20-3/h5-10H,4H2,1-3H3,(H,20,22). The molecular formula is C19H18N2O4S. The predicted octanol–water partition coefficient (Wildman–Crippen LogP) is 3.93. The summed E-state index contributed by atoms with van der Waals surface area (Å²) >= 11 is 1.38. The summed E-state index contributed by atoms with van der Waals surface area (Å²) in [5.41, 5.74) is 1.18. The molecule has 1 amide bonds. The van der Waals surface area contributed by atoms with Crippen molar-refractivity contribution in [3.8, 4) is 11.5 Å². The number of nitrogens with one attached hydrogen (secondary N) is 1. The van der Waals surface area contributed by atoms with E-state index in [4.69, 9.17) is 9.47 Å². The normalized spacial score (nSPS) is 10.6. The zero-order chi connectivity index (χ0) is 18.7. The monoisotopic (exact) mass is 370 g/mol. The van der Waals surface area contributed by atoms with Crippen LogP contribution in [0.25, 0.3) is 10.1 Å². The molecule has 3 rings (SSSR count). The van der Waals surface area contributed by atoms with Crippen LogP contribution in [-0.4, -0.2) is 30.5 Å². The summed E-state index contributed by atoms with van der Waals surface area (Å²) in [6.45, 7) is 4.04. The Labute approximate surface area is 154 Å². The van der Waals surface area contributed by atoms with Gasteiger partial charge in [-0.2, -0.15) is 0 Å². The summed E-state index contributed by atoms with van der Waals surface area (Å²) in [4.78, 5) is 28.3. The molecule has 0 aliphatic rings. The lowest BCUT2D eigenvalue weighted by atomic mass is 10.1. The van der Waals surface area contributed by atoms with Crippen molar-refractivity contribution in [1.82, 2.24) is 10.3 Å². The van der Waals surface area contributed by atoms with Crippen LogP contribution < -0.4 is 10.1 Å². The fourth-order valence-electron chi connectivity index (χ4n) is 2.52. The molecule has 0 saturated carbocycles. The van der Waals surface area contributed by atoms with E-state index >= 15 is 0 Å². The Morgan fingerprint density at radius 1 is 1.19 bits per heavy atom. The topological polar surface area (TPSA) is 77.5 Å². The molecule has 3 aromatic rings. The third-order valence-corrected chi connectivity index (χ3v) is 5.03. The first kappa shape index (κ1) is 17.9. The van der Waals surface area contributed by atoms with E-state index in [0.29, 0.717) is 23.0 Å². The fourth-order valence-corrected chi connectivity index (χ4v) is 3.65. The Morgan fingerprint density at radius 3 is 2.69 bits per heavy atom.